The molecule has 2 amide bonds. The zero-order valence-corrected chi connectivity index (χ0v) is 13.1. The smallest absolute Gasteiger partial charge is 0.343 e. The van der Waals surface area contributed by atoms with Gasteiger partial charge in [0.05, 0.1) is 6.04 Å². The molecule has 2 atom stereocenters. The zero-order chi connectivity index (χ0) is 17.9. The molecular formula is C16H18F4N2O2. The molecule has 1 N–H and O–H groups in total. The summed E-state index contributed by atoms with van der Waals surface area (Å²) in [5, 5.41) is 1.98. The topological polar surface area (TPSA) is 49.4 Å². The Morgan fingerprint density at radius 2 is 1.88 bits per heavy atom. The van der Waals surface area contributed by atoms with Crippen LogP contribution in [0.5, 0.6) is 0 Å². The predicted molar refractivity (Wildman–Crippen MR) is 78.6 cm³/mol. The maximum absolute atomic E-state index is 13.1. The number of benzene rings is 1. The largest absolute Gasteiger partial charge is 0.471 e. The van der Waals surface area contributed by atoms with Crippen molar-refractivity contribution in [1.29, 1.82) is 0 Å². The van der Waals surface area contributed by atoms with Crippen molar-refractivity contribution in [2.24, 2.45) is 0 Å². The minimum absolute atomic E-state index is 0.00344. The van der Waals surface area contributed by atoms with Gasteiger partial charge in [-0.15, -0.1) is 0 Å². The Balaban J connectivity index is 2.22. The van der Waals surface area contributed by atoms with E-state index in [0.29, 0.717) is 18.5 Å². The fourth-order valence-electron chi connectivity index (χ4n) is 2.91. The van der Waals surface area contributed by atoms with Crippen LogP contribution in [0.4, 0.5) is 17.6 Å². The highest BCUT2D eigenvalue weighted by atomic mass is 19.4. The first-order valence-electron chi connectivity index (χ1n) is 7.63. The van der Waals surface area contributed by atoms with Crippen LogP contribution in [0.25, 0.3) is 0 Å². The Kier molecular flexibility index (Phi) is 5.46. The number of alkyl halides is 3. The summed E-state index contributed by atoms with van der Waals surface area (Å²) in [5.74, 6) is -3.09. The van der Waals surface area contributed by atoms with Gasteiger partial charge in [-0.05, 0) is 24.1 Å². The SMILES string of the molecule is CCC(=O)N1CC[C@H](c2ccc(F)cc2)[C@H](NC(=O)C(F)(F)F)C1. The molecule has 1 fully saturated rings. The highest BCUT2D eigenvalue weighted by molar-refractivity contribution is 5.82. The number of nitrogens with zero attached hydrogens (tertiary/aromatic N) is 1. The molecule has 0 unspecified atom stereocenters. The van der Waals surface area contributed by atoms with Crippen LogP contribution in [0.1, 0.15) is 31.2 Å². The molecule has 2 rings (SSSR count). The molecule has 24 heavy (non-hydrogen) atoms. The van der Waals surface area contributed by atoms with Crippen LogP contribution in [0.3, 0.4) is 0 Å². The van der Waals surface area contributed by atoms with E-state index in [-0.39, 0.29) is 18.9 Å². The Bertz CT molecular complexity index is 601. The molecule has 8 heteroatoms. The number of hydrogen-bond acceptors (Lipinski definition) is 2. The summed E-state index contributed by atoms with van der Waals surface area (Å²) in [4.78, 5) is 24.6. The third-order valence-corrected chi connectivity index (χ3v) is 4.14. The van der Waals surface area contributed by atoms with E-state index in [0.717, 1.165) is 0 Å². The molecular weight excluding hydrogens is 328 g/mol. The Labute approximate surface area is 136 Å². The molecule has 1 aromatic rings. The normalized spacial score (nSPS) is 21.5. The lowest BCUT2D eigenvalue weighted by molar-refractivity contribution is -0.175. The monoisotopic (exact) mass is 346 g/mol. The third kappa shape index (κ3) is 4.24. The summed E-state index contributed by atoms with van der Waals surface area (Å²) in [6, 6.07) is 4.55. The summed E-state index contributed by atoms with van der Waals surface area (Å²) in [6.07, 6.45) is -4.37. The van der Waals surface area contributed by atoms with E-state index in [9.17, 15) is 27.2 Å². The second-order valence-corrected chi connectivity index (χ2v) is 5.72. The molecule has 0 saturated carbocycles. The van der Waals surface area contributed by atoms with Crippen molar-refractivity contribution in [1.82, 2.24) is 10.2 Å². The summed E-state index contributed by atoms with van der Waals surface area (Å²) in [6.45, 7) is 2.04. The van der Waals surface area contributed by atoms with Gasteiger partial charge in [0.25, 0.3) is 0 Å². The van der Waals surface area contributed by atoms with Crippen LogP contribution < -0.4 is 5.32 Å². The van der Waals surface area contributed by atoms with Crippen LogP contribution in [-0.4, -0.2) is 42.0 Å². The van der Waals surface area contributed by atoms with Gasteiger partial charge in [0, 0.05) is 25.4 Å². The minimum atomic E-state index is -5.00. The maximum atomic E-state index is 13.1. The van der Waals surface area contributed by atoms with Gasteiger partial charge >= 0.3 is 12.1 Å². The first-order valence-corrected chi connectivity index (χ1v) is 7.63. The van der Waals surface area contributed by atoms with Crippen molar-refractivity contribution in [3.8, 4) is 0 Å². The molecule has 0 aromatic heterocycles. The van der Waals surface area contributed by atoms with E-state index in [4.69, 9.17) is 0 Å². The second kappa shape index (κ2) is 7.19. The molecule has 1 aliphatic heterocycles. The quantitative estimate of drug-likeness (QED) is 0.856. The van der Waals surface area contributed by atoms with Gasteiger partial charge in [-0.2, -0.15) is 13.2 Å². The summed E-state index contributed by atoms with van der Waals surface area (Å²) in [7, 11) is 0. The van der Waals surface area contributed by atoms with Crippen molar-refractivity contribution < 1.29 is 27.2 Å². The van der Waals surface area contributed by atoms with Crippen LogP contribution in [0, 0.1) is 5.82 Å². The van der Waals surface area contributed by atoms with Crippen LogP contribution in [0.2, 0.25) is 0 Å². The molecule has 0 bridgehead atoms. The number of likely N-dealkylation sites (tertiary alicyclic amines) is 1. The van der Waals surface area contributed by atoms with Crippen molar-refractivity contribution >= 4 is 11.8 Å². The average molecular weight is 346 g/mol. The highest BCUT2D eigenvalue weighted by Gasteiger charge is 2.42. The lowest BCUT2D eigenvalue weighted by atomic mass is 9.85. The van der Waals surface area contributed by atoms with Crippen molar-refractivity contribution in [2.75, 3.05) is 13.1 Å². The van der Waals surface area contributed by atoms with Gasteiger partial charge in [0.15, 0.2) is 0 Å². The molecule has 0 radical (unpaired) electrons. The minimum Gasteiger partial charge on any atom is -0.343 e. The van der Waals surface area contributed by atoms with Gasteiger partial charge in [-0.1, -0.05) is 19.1 Å². The van der Waals surface area contributed by atoms with E-state index < -0.39 is 29.9 Å². The average Bonchev–Trinajstić information content (AvgIpc) is 2.54. The van der Waals surface area contributed by atoms with Crippen LogP contribution >= 0.6 is 0 Å². The first kappa shape index (κ1) is 18.2. The Morgan fingerprint density at radius 3 is 2.42 bits per heavy atom. The van der Waals surface area contributed by atoms with Crippen molar-refractivity contribution in [2.45, 2.75) is 37.9 Å². The van der Waals surface area contributed by atoms with Gasteiger partial charge in [-0.25, -0.2) is 4.39 Å². The molecule has 0 aliphatic carbocycles. The summed E-state index contributed by atoms with van der Waals surface area (Å²) >= 11 is 0. The van der Waals surface area contributed by atoms with E-state index in [2.05, 4.69) is 0 Å². The van der Waals surface area contributed by atoms with Gasteiger partial charge in [0.2, 0.25) is 5.91 Å². The number of hydrogen-bond donors (Lipinski definition) is 1. The number of amides is 2. The molecule has 1 saturated heterocycles. The van der Waals surface area contributed by atoms with Gasteiger partial charge < -0.3 is 10.2 Å². The van der Waals surface area contributed by atoms with Crippen LogP contribution in [-0.2, 0) is 9.59 Å². The number of nitrogens with one attached hydrogen (secondary N) is 1. The summed E-state index contributed by atoms with van der Waals surface area (Å²) < 4.78 is 50.8. The standard InChI is InChI=1S/C16H18F4N2O2/c1-2-14(23)22-8-7-12(10-3-5-11(17)6-4-10)13(9-22)21-15(24)16(18,19)20/h3-6,12-13H,2,7-9H2,1H3,(H,21,24)/t12-,13-/m1/s1. The van der Waals surface area contributed by atoms with Crippen molar-refractivity contribution in [3.63, 3.8) is 0 Å². The zero-order valence-electron chi connectivity index (χ0n) is 13.1. The number of carbonyl (C=O) groups excluding carboxylic acids is 2. The molecule has 4 nitrogen and oxygen atoms in total. The highest BCUT2D eigenvalue weighted by Crippen LogP contribution is 2.30. The lowest BCUT2D eigenvalue weighted by Gasteiger charge is -2.39. The van der Waals surface area contributed by atoms with E-state index >= 15 is 0 Å². The van der Waals surface area contributed by atoms with Crippen molar-refractivity contribution in [3.05, 3.63) is 35.6 Å². The predicted octanol–water partition coefficient (Wildman–Crippen LogP) is 2.60. The second-order valence-electron chi connectivity index (χ2n) is 5.72. The lowest BCUT2D eigenvalue weighted by Crippen LogP contribution is -2.55. The van der Waals surface area contributed by atoms with Gasteiger partial charge in [0.1, 0.15) is 5.82 Å². The molecule has 1 heterocycles. The Hall–Kier alpha value is -2.12. The van der Waals surface area contributed by atoms with E-state index in [1.807, 2.05) is 5.32 Å². The number of piperidine rings is 1. The van der Waals surface area contributed by atoms with Gasteiger partial charge in [-0.3, -0.25) is 9.59 Å². The van der Waals surface area contributed by atoms with E-state index in [1.165, 1.54) is 29.2 Å². The summed E-state index contributed by atoms with van der Waals surface area (Å²) in [5.41, 5.74) is 0.632. The fraction of sp³-hybridized carbons (Fsp3) is 0.500. The molecule has 1 aromatic carbocycles. The van der Waals surface area contributed by atoms with E-state index in [1.54, 1.807) is 6.92 Å². The number of rotatable bonds is 3. The maximum Gasteiger partial charge on any atom is 0.471 e. The molecule has 132 valence electrons. The molecule has 1 aliphatic rings. The number of halogens is 4. The number of carbonyl (C=O) groups is 2. The third-order valence-electron chi connectivity index (χ3n) is 4.14. The first-order chi connectivity index (χ1) is 11.2. The fourth-order valence-corrected chi connectivity index (χ4v) is 2.91. The Morgan fingerprint density at radius 1 is 1.25 bits per heavy atom. The van der Waals surface area contributed by atoms with Crippen LogP contribution in [0.15, 0.2) is 24.3 Å². The molecule has 0 spiro atoms.